The van der Waals surface area contributed by atoms with E-state index in [1.807, 2.05) is 90.8 Å². The van der Waals surface area contributed by atoms with Crippen molar-refractivity contribution in [3.63, 3.8) is 0 Å². The summed E-state index contributed by atoms with van der Waals surface area (Å²) in [4.78, 5) is 14.8. The summed E-state index contributed by atoms with van der Waals surface area (Å²) in [6, 6.07) is 24.8. The van der Waals surface area contributed by atoms with E-state index in [2.05, 4.69) is 5.32 Å². The molecule has 6 nitrogen and oxygen atoms in total. The SMILES string of the molecule is COc1ccc(C(NC(=O)CN(C)CCOc2ccccc2)c2ccc(OC)cc2)cc1. The number of nitrogens with zero attached hydrogens (tertiary/aromatic N) is 1. The third-order valence-electron chi connectivity index (χ3n) is 5.10. The molecule has 168 valence electrons. The summed E-state index contributed by atoms with van der Waals surface area (Å²) in [6.45, 7) is 1.41. The number of carbonyl (C=O) groups is 1. The van der Waals surface area contributed by atoms with Crippen molar-refractivity contribution >= 4 is 5.91 Å². The average Bonchev–Trinajstić information content (AvgIpc) is 2.83. The lowest BCUT2D eigenvalue weighted by molar-refractivity contribution is -0.122. The molecule has 0 unspecified atom stereocenters. The van der Waals surface area contributed by atoms with E-state index in [9.17, 15) is 4.79 Å². The fraction of sp³-hybridized carbons (Fsp3) is 0.269. The smallest absolute Gasteiger partial charge is 0.234 e. The molecule has 0 fully saturated rings. The minimum absolute atomic E-state index is 0.0659. The van der Waals surface area contributed by atoms with Crippen LogP contribution in [-0.2, 0) is 4.79 Å². The summed E-state index contributed by atoms with van der Waals surface area (Å²) in [5, 5.41) is 3.16. The average molecular weight is 435 g/mol. The molecule has 0 aromatic heterocycles. The molecule has 3 aromatic rings. The van der Waals surface area contributed by atoms with Gasteiger partial charge in [0, 0.05) is 6.54 Å². The summed E-state index contributed by atoms with van der Waals surface area (Å²) in [5.41, 5.74) is 1.94. The zero-order valence-electron chi connectivity index (χ0n) is 18.8. The summed E-state index contributed by atoms with van der Waals surface area (Å²) >= 11 is 0. The van der Waals surface area contributed by atoms with Crippen molar-refractivity contribution in [1.29, 1.82) is 0 Å². The van der Waals surface area contributed by atoms with Crippen molar-refractivity contribution < 1.29 is 19.0 Å². The van der Waals surface area contributed by atoms with Crippen molar-refractivity contribution in [3.8, 4) is 17.2 Å². The molecule has 0 aliphatic carbocycles. The number of para-hydroxylation sites is 1. The van der Waals surface area contributed by atoms with Gasteiger partial charge in [-0.3, -0.25) is 9.69 Å². The van der Waals surface area contributed by atoms with Gasteiger partial charge in [0.05, 0.1) is 26.8 Å². The molecule has 3 rings (SSSR count). The van der Waals surface area contributed by atoms with Crippen molar-refractivity contribution in [3.05, 3.63) is 90.0 Å². The first-order valence-electron chi connectivity index (χ1n) is 10.5. The van der Waals surface area contributed by atoms with Gasteiger partial charge in [0.15, 0.2) is 0 Å². The second-order valence-electron chi connectivity index (χ2n) is 7.45. The number of hydrogen-bond acceptors (Lipinski definition) is 5. The van der Waals surface area contributed by atoms with Gasteiger partial charge in [0.25, 0.3) is 0 Å². The highest BCUT2D eigenvalue weighted by molar-refractivity contribution is 5.79. The van der Waals surface area contributed by atoms with E-state index in [1.165, 1.54) is 0 Å². The number of ether oxygens (including phenoxy) is 3. The first-order chi connectivity index (χ1) is 15.6. The molecular weight excluding hydrogens is 404 g/mol. The van der Waals surface area contributed by atoms with E-state index in [0.717, 1.165) is 28.4 Å². The number of benzene rings is 3. The topological polar surface area (TPSA) is 60.0 Å². The Labute approximate surface area is 189 Å². The van der Waals surface area contributed by atoms with Gasteiger partial charge in [0.1, 0.15) is 23.9 Å². The van der Waals surface area contributed by atoms with Crippen molar-refractivity contribution in [1.82, 2.24) is 10.2 Å². The Hall–Kier alpha value is -3.51. The van der Waals surface area contributed by atoms with Crippen LogP contribution in [0.5, 0.6) is 17.2 Å². The van der Waals surface area contributed by atoms with Gasteiger partial charge in [-0.15, -0.1) is 0 Å². The molecule has 0 saturated heterocycles. The highest BCUT2D eigenvalue weighted by atomic mass is 16.5. The monoisotopic (exact) mass is 434 g/mol. The van der Waals surface area contributed by atoms with Crippen LogP contribution >= 0.6 is 0 Å². The maximum absolute atomic E-state index is 12.8. The van der Waals surface area contributed by atoms with E-state index in [0.29, 0.717) is 13.2 Å². The molecule has 0 bridgehead atoms. The second-order valence-corrected chi connectivity index (χ2v) is 7.45. The minimum atomic E-state index is -0.284. The molecular formula is C26H30N2O4. The summed E-state index contributed by atoms with van der Waals surface area (Å²) in [6.07, 6.45) is 0. The van der Waals surface area contributed by atoms with Crippen LogP contribution in [0, 0.1) is 0 Å². The van der Waals surface area contributed by atoms with Crippen molar-refractivity contribution in [2.75, 3.05) is 41.0 Å². The zero-order chi connectivity index (χ0) is 22.8. The van der Waals surface area contributed by atoms with E-state index in [1.54, 1.807) is 14.2 Å². The van der Waals surface area contributed by atoms with Gasteiger partial charge in [0.2, 0.25) is 5.91 Å². The van der Waals surface area contributed by atoms with Crippen LogP contribution in [0.1, 0.15) is 17.2 Å². The van der Waals surface area contributed by atoms with Crippen LogP contribution in [0.4, 0.5) is 0 Å². The standard InChI is InChI=1S/C26H30N2O4/c1-28(17-18-32-24-7-5-4-6-8-24)19-25(29)27-26(20-9-13-22(30-2)14-10-20)21-11-15-23(31-3)16-12-21/h4-16,26H,17-19H2,1-3H3,(H,27,29). The molecule has 0 radical (unpaired) electrons. The molecule has 0 saturated carbocycles. The molecule has 0 spiro atoms. The quantitative estimate of drug-likeness (QED) is 0.496. The minimum Gasteiger partial charge on any atom is -0.497 e. The third-order valence-corrected chi connectivity index (χ3v) is 5.10. The zero-order valence-corrected chi connectivity index (χ0v) is 18.8. The maximum atomic E-state index is 12.8. The van der Waals surface area contributed by atoms with Crippen molar-refractivity contribution in [2.24, 2.45) is 0 Å². The molecule has 3 aromatic carbocycles. The number of carbonyl (C=O) groups excluding carboxylic acids is 1. The third kappa shape index (κ3) is 6.75. The fourth-order valence-corrected chi connectivity index (χ4v) is 3.32. The Morgan fingerprint density at radius 2 is 1.34 bits per heavy atom. The highest BCUT2D eigenvalue weighted by Gasteiger charge is 2.18. The molecule has 1 amide bonds. The number of amides is 1. The lowest BCUT2D eigenvalue weighted by Gasteiger charge is -2.23. The Morgan fingerprint density at radius 3 is 1.84 bits per heavy atom. The van der Waals surface area contributed by atoms with Crippen LogP contribution in [0.15, 0.2) is 78.9 Å². The largest absolute Gasteiger partial charge is 0.497 e. The molecule has 0 heterocycles. The van der Waals surface area contributed by atoms with Gasteiger partial charge in [-0.2, -0.15) is 0 Å². The molecule has 0 aliphatic rings. The van der Waals surface area contributed by atoms with Crippen molar-refractivity contribution in [2.45, 2.75) is 6.04 Å². The Morgan fingerprint density at radius 1 is 0.812 bits per heavy atom. The van der Waals surface area contributed by atoms with Crippen LogP contribution in [0.2, 0.25) is 0 Å². The number of likely N-dealkylation sites (N-methyl/N-ethyl adjacent to an activating group) is 1. The Balaban J connectivity index is 1.62. The summed E-state index contributed by atoms with van der Waals surface area (Å²) in [5.74, 6) is 2.30. The lowest BCUT2D eigenvalue weighted by atomic mass is 9.98. The van der Waals surface area contributed by atoms with Crippen LogP contribution in [-0.4, -0.2) is 51.8 Å². The van der Waals surface area contributed by atoms with Gasteiger partial charge in [-0.1, -0.05) is 42.5 Å². The summed E-state index contributed by atoms with van der Waals surface area (Å²) < 4.78 is 16.3. The van der Waals surface area contributed by atoms with E-state index in [4.69, 9.17) is 14.2 Å². The fourth-order valence-electron chi connectivity index (χ4n) is 3.32. The highest BCUT2D eigenvalue weighted by Crippen LogP contribution is 2.26. The van der Waals surface area contributed by atoms with Crippen LogP contribution in [0.3, 0.4) is 0 Å². The van der Waals surface area contributed by atoms with E-state index < -0.39 is 0 Å². The van der Waals surface area contributed by atoms with Gasteiger partial charge in [-0.25, -0.2) is 0 Å². The predicted molar refractivity (Wildman–Crippen MR) is 125 cm³/mol. The summed E-state index contributed by atoms with van der Waals surface area (Å²) in [7, 11) is 5.17. The second kappa shape index (κ2) is 11.8. The van der Waals surface area contributed by atoms with E-state index in [-0.39, 0.29) is 18.5 Å². The Bertz CT molecular complexity index is 912. The van der Waals surface area contributed by atoms with Gasteiger partial charge < -0.3 is 19.5 Å². The number of nitrogens with one attached hydrogen (secondary N) is 1. The molecule has 32 heavy (non-hydrogen) atoms. The van der Waals surface area contributed by atoms with Crippen LogP contribution in [0.25, 0.3) is 0 Å². The number of methoxy groups -OCH3 is 2. The molecule has 0 atom stereocenters. The first-order valence-corrected chi connectivity index (χ1v) is 10.5. The normalized spacial score (nSPS) is 10.8. The van der Waals surface area contributed by atoms with E-state index >= 15 is 0 Å². The maximum Gasteiger partial charge on any atom is 0.234 e. The number of rotatable bonds is 11. The molecule has 6 heteroatoms. The lowest BCUT2D eigenvalue weighted by Crippen LogP contribution is -2.39. The number of hydrogen-bond donors (Lipinski definition) is 1. The van der Waals surface area contributed by atoms with Gasteiger partial charge >= 0.3 is 0 Å². The first kappa shape index (κ1) is 23.2. The molecule has 0 aliphatic heterocycles. The molecule has 1 N–H and O–H groups in total. The van der Waals surface area contributed by atoms with Crippen LogP contribution < -0.4 is 19.5 Å². The predicted octanol–water partition coefficient (Wildman–Crippen LogP) is 3.92. The Kier molecular flexibility index (Phi) is 8.52. The van der Waals surface area contributed by atoms with Gasteiger partial charge in [-0.05, 0) is 54.6 Å².